The summed E-state index contributed by atoms with van der Waals surface area (Å²) in [5, 5.41) is 3.31. The molecule has 1 nitrogen and oxygen atoms in total. The predicted octanol–water partition coefficient (Wildman–Crippen LogP) is 1.89. The summed E-state index contributed by atoms with van der Waals surface area (Å²) >= 11 is 0. The van der Waals surface area contributed by atoms with Gasteiger partial charge in [0.2, 0.25) is 0 Å². The van der Waals surface area contributed by atoms with Crippen LogP contribution in [0.25, 0.3) is 0 Å². The molecule has 2 aliphatic rings. The molecule has 0 amide bonds. The van der Waals surface area contributed by atoms with E-state index in [-0.39, 0.29) is 12.4 Å². The molecule has 1 heterocycles. The zero-order valence-electron chi connectivity index (χ0n) is 7.55. The fourth-order valence-corrected chi connectivity index (χ4v) is 1.99. The van der Waals surface area contributed by atoms with Crippen LogP contribution in [0.5, 0.6) is 0 Å². The third-order valence-electron chi connectivity index (χ3n) is 3.15. The molecular formula is C11H14ClN. The highest BCUT2D eigenvalue weighted by molar-refractivity contribution is 5.85. The first-order valence-corrected chi connectivity index (χ1v) is 4.76. The van der Waals surface area contributed by atoms with Crippen LogP contribution in [0.1, 0.15) is 22.6 Å². The maximum Gasteiger partial charge on any atom is 0.00886 e. The van der Waals surface area contributed by atoms with Crippen molar-refractivity contribution in [1.82, 2.24) is 5.32 Å². The number of aryl methyl sites for hydroxylation is 2. The predicted molar refractivity (Wildman–Crippen MR) is 56.7 cm³/mol. The topological polar surface area (TPSA) is 12.0 Å². The highest BCUT2D eigenvalue weighted by Gasteiger charge is 2.21. The summed E-state index contributed by atoms with van der Waals surface area (Å²) in [5.74, 6) is 0.802. The van der Waals surface area contributed by atoms with Crippen molar-refractivity contribution in [3.05, 3.63) is 34.9 Å². The van der Waals surface area contributed by atoms with Gasteiger partial charge in [-0.05, 0) is 29.5 Å². The number of benzene rings is 1. The van der Waals surface area contributed by atoms with Gasteiger partial charge in [-0.25, -0.2) is 0 Å². The second-order valence-electron chi connectivity index (χ2n) is 3.88. The van der Waals surface area contributed by atoms with Crippen LogP contribution in [0.2, 0.25) is 0 Å². The molecule has 1 aliphatic heterocycles. The van der Waals surface area contributed by atoms with E-state index in [1.165, 1.54) is 25.9 Å². The third-order valence-corrected chi connectivity index (χ3v) is 3.15. The van der Waals surface area contributed by atoms with Gasteiger partial charge in [-0.1, -0.05) is 18.2 Å². The lowest BCUT2D eigenvalue weighted by Gasteiger charge is -2.29. The minimum Gasteiger partial charge on any atom is -0.315 e. The Balaban J connectivity index is 0.000000653. The molecule has 1 N–H and O–H groups in total. The van der Waals surface area contributed by atoms with Gasteiger partial charge in [0.15, 0.2) is 0 Å². The molecule has 1 saturated heterocycles. The molecule has 0 atom stereocenters. The van der Waals surface area contributed by atoms with E-state index in [1.54, 1.807) is 16.7 Å². The van der Waals surface area contributed by atoms with Crippen molar-refractivity contribution in [1.29, 1.82) is 0 Å². The van der Waals surface area contributed by atoms with E-state index in [0.717, 1.165) is 5.92 Å². The summed E-state index contributed by atoms with van der Waals surface area (Å²) < 4.78 is 0. The number of halogens is 1. The summed E-state index contributed by atoms with van der Waals surface area (Å²) in [4.78, 5) is 0. The number of hydrogen-bond donors (Lipinski definition) is 1. The van der Waals surface area contributed by atoms with Gasteiger partial charge in [0.25, 0.3) is 0 Å². The van der Waals surface area contributed by atoms with Crippen molar-refractivity contribution in [3.8, 4) is 0 Å². The maximum absolute atomic E-state index is 3.31. The van der Waals surface area contributed by atoms with Gasteiger partial charge >= 0.3 is 0 Å². The Morgan fingerprint density at radius 2 is 1.85 bits per heavy atom. The van der Waals surface area contributed by atoms with Crippen LogP contribution in [-0.4, -0.2) is 13.1 Å². The number of fused-ring (bicyclic) bond motifs is 1. The molecule has 0 unspecified atom stereocenters. The van der Waals surface area contributed by atoms with Crippen molar-refractivity contribution in [2.24, 2.45) is 0 Å². The molecule has 3 rings (SSSR count). The number of rotatable bonds is 1. The summed E-state index contributed by atoms with van der Waals surface area (Å²) in [6.07, 6.45) is 2.61. The van der Waals surface area contributed by atoms with Crippen LogP contribution in [0.3, 0.4) is 0 Å². The van der Waals surface area contributed by atoms with Gasteiger partial charge in [-0.15, -0.1) is 12.4 Å². The average Bonchev–Trinajstić information content (AvgIpc) is 1.91. The van der Waals surface area contributed by atoms with E-state index in [1.807, 2.05) is 0 Å². The first kappa shape index (κ1) is 9.04. The summed E-state index contributed by atoms with van der Waals surface area (Å²) in [6, 6.07) is 7.03. The molecule has 0 saturated carbocycles. The molecule has 0 radical (unpaired) electrons. The molecule has 1 aromatic carbocycles. The standard InChI is InChI=1S/C11H13N.ClH/c1-3-9-5-10(4-2-8(1)9)11-6-12-7-11;/h2,4-5,11-12H,1,3,6-7H2;1H. The Labute approximate surface area is 84.9 Å². The Morgan fingerprint density at radius 1 is 1.08 bits per heavy atom. The Kier molecular flexibility index (Phi) is 2.31. The van der Waals surface area contributed by atoms with Crippen LogP contribution in [0.15, 0.2) is 18.2 Å². The monoisotopic (exact) mass is 195 g/mol. The second-order valence-corrected chi connectivity index (χ2v) is 3.88. The summed E-state index contributed by atoms with van der Waals surface area (Å²) in [7, 11) is 0. The molecule has 1 aromatic rings. The number of nitrogens with one attached hydrogen (secondary N) is 1. The molecule has 0 bridgehead atoms. The minimum atomic E-state index is 0. The number of hydrogen-bond acceptors (Lipinski definition) is 1. The second kappa shape index (κ2) is 3.32. The molecule has 1 aliphatic carbocycles. The first-order valence-electron chi connectivity index (χ1n) is 4.76. The lowest BCUT2D eigenvalue weighted by Crippen LogP contribution is -2.40. The van der Waals surface area contributed by atoms with Gasteiger partial charge in [0, 0.05) is 19.0 Å². The fraction of sp³-hybridized carbons (Fsp3) is 0.455. The zero-order chi connectivity index (χ0) is 7.97. The van der Waals surface area contributed by atoms with Gasteiger partial charge in [-0.3, -0.25) is 0 Å². The lowest BCUT2D eigenvalue weighted by molar-refractivity contribution is 0.447. The molecule has 0 spiro atoms. The molecule has 0 aromatic heterocycles. The van der Waals surface area contributed by atoms with Crippen LogP contribution in [0, 0.1) is 0 Å². The molecule has 2 heteroatoms. The van der Waals surface area contributed by atoms with Gasteiger partial charge < -0.3 is 5.32 Å². The van der Waals surface area contributed by atoms with Crippen LogP contribution in [-0.2, 0) is 12.8 Å². The largest absolute Gasteiger partial charge is 0.315 e. The summed E-state index contributed by atoms with van der Waals surface area (Å²) in [5.41, 5.74) is 4.72. The Hall–Kier alpha value is -0.530. The van der Waals surface area contributed by atoms with E-state index < -0.39 is 0 Å². The van der Waals surface area contributed by atoms with Crippen LogP contribution in [0.4, 0.5) is 0 Å². The van der Waals surface area contributed by atoms with E-state index in [4.69, 9.17) is 0 Å². The van der Waals surface area contributed by atoms with Crippen molar-refractivity contribution < 1.29 is 0 Å². The normalized spacial score (nSPS) is 19.4. The highest BCUT2D eigenvalue weighted by Crippen LogP contribution is 2.28. The van der Waals surface area contributed by atoms with Crippen LogP contribution < -0.4 is 5.32 Å². The van der Waals surface area contributed by atoms with Gasteiger partial charge in [-0.2, -0.15) is 0 Å². The van der Waals surface area contributed by atoms with Crippen molar-refractivity contribution in [2.45, 2.75) is 18.8 Å². The van der Waals surface area contributed by atoms with Gasteiger partial charge in [0.05, 0.1) is 0 Å². The SMILES string of the molecule is Cl.c1cc2c(cc1C1CNC1)CC2. The highest BCUT2D eigenvalue weighted by atomic mass is 35.5. The van der Waals surface area contributed by atoms with Crippen molar-refractivity contribution >= 4 is 12.4 Å². The van der Waals surface area contributed by atoms with Crippen molar-refractivity contribution in [2.75, 3.05) is 13.1 Å². The molecular weight excluding hydrogens is 182 g/mol. The van der Waals surface area contributed by atoms with E-state index >= 15 is 0 Å². The Bertz CT molecular complexity index is 318. The lowest BCUT2D eigenvalue weighted by atomic mass is 9.83. The Morgan fingerprint density at radius 3 is 2.31 bits per heavy atom. The average molecular weight is 196 g/mol. The zero-order valence-corrected chi connectivity index (χ0v) is 8.36. The van der Waals surface area contributed by atoms with Crippen molar-refractivity contribution in [3.63, 3.8) is 0 Å². The smallest absolute Gasteiger partial charge is 0.00886 e. The van der Waals surface area contributed by atoms with Gasteiger partial charge in [0.1, 0.15) is 0 Å². The van der Waals surface area contributed by atoms with E-state index in [9.17, 15) is 0 Å². The third kappa shape index (κ3) is 1.36. The minimum absolute atomic E-state index is 0. The van der Waals surface area contributed by atoms with E-state index in [0.29, 0.717) is 0 Å². The van der Waals surface area contributed by atoms with E-state index in [2.05, 4.69) is 23.5 Å². The quantitative estimate of drug-likeness (QED) is 0.722. The molecule has 70 valence electrons. The van der Waals surface area contributed by atoms with Crippen LogP contribution >= 0.6 is 12.4 Å². The first-order chi connectivity index (χ1) is 5.93. The molecule has 1 fully saturated rings. The molecule has 13 heavy (non-hydrogen) atoms. The summed E-state index contributed by atoms with van der Waals surface area (Å²) in [6.45, 7) is 2.36. The fourth-order valence-electron chi connectivity index (χ4n) is 1.99. The maximum atomic E-state index is 3.31.